The van der Waals surface area contributed by atoms with Gasteiger partial charge in [0.05, 0.1) is 24.9 Å². The number of benzene rings is 2. The van der Waals surface area contributed by atoms with E-state index in [4.69, 9.17) is 19.3 Å². The van der Waals surface area contributed by atoms with E-state index >= 15 is 0 Å². The Bertz CT molecular complexity index is 1180. The Morgan fingerprint density at radius 2 is 1.89 bits per heavy atom. The molecule has 8 heteroatoms. The Kier molecular flexibility index (Phi) is 7.30. The Morgan fingerprint density at radius 1 is 1.03 bits per heavy atom. The summed E-state index contributed by atoms with van der Waals surface area (Å²) in [4.78, 5) is 2.19. The van der Waals surface area contributed by atoms with Gasteiger partial charge in [-0.1, -0.05) is 31.5 Å². The first kappa shape index (κ1) is 24.4. The van der Waals surface area contributed by atoms with E-state index in [0.717, 1.165) is 67.0 Å². The molecule has 2 aliphatic rings. The molecule has 0 N–H and O–H groups in total. The van der Waals surface area contributed by atoms with Gasteiger partial charge in [-0.15, -0.1) is 0 Å². The van der Waals surface area contributed by atoms with Gasteiger partial charge in [-0.05, 0) is 61.4 Å². The molecule has 1 aromatic heterocycles. The Labute approximate surface area is 210 Å². The number of aromatic nitrogens is 2. The fourth-order valence-corrected chi connectivity index (χ4v) is 4.51. The maximum atomic E-state index is 13.0. The number of anilines is 1. The number of unbranched alkanes of at least 4 members (excludes halogenated alkanes) is 1. The molecule has 1 saturated carbocycles. The van der Waals surface area contributed by atoms with Gasteiger partial charge < -0.3 is 19.1 Å². The Morgan fingerprint density at radius 3 is 2.67 bits per heavy atom. The largest absolute Gasteiger partial charge is 0.494 e. The topological polar surface area (TPSA) is 48.8 Å². The lowest BCUT2D eigenvalue weighted by atomic mass is 10.0. The molecule has 0 amide bonds. The van der Waals surface area contributed by atoms with E-state index in [1.807, 2.05) is 41.1 Å². The van der Waals surface area contributed by atoms with Crippen molar-refractivity contribution >= 4 is 5.82 Å². The lowest BCUT2D eigenvalue weighted by Crippen LogP contribution is -2.32. The highest BCUT2D eigenvalue weighted by Crippen LogP contribution is 2.40. The van der Waals surface area contributed by atoms with Gasteiger partial charge in [0.1, 0.15) is 11.6 Å². The molecule has 1 aliphatic heterocycles. The number of hydrogen-bond donors (Lipinski definition) is 0. The minimum atomic E-state index is -2.90. The summed E-state index contributed by atoms with van der Waals surface area (Å²) >= 11 is 0. The SMILES string of the molecule is CCCCOc1cccc(-c2cc3n(n2)C(c2ccc(OC(F)F)c(OCC4CC4)c2)CCN3C)c1. The predicted molar refractivity (Wildman–Crippen MR) is 135 cm³/mol. The van der Waals surface area contributed by atoms with Gasteiger partial charge in [-0.2, -0.15) is 13.9 Å². The molecule has 1 unspecified atom stereocenters. The normalized spacial score (nSPS) is 17.2. The highest BCUT2D eigenvalue weighted by atomic mass is 19.3. The number of rotatable bonds is 11. The van der Waals surface area contributed by atoms with E-state index in [1.165, 1.54) is 0 Å². The third kappa shape index (κ3) is 5.58. The van der Waals surface area contributed by atoms with Gasteiger partial charge in [0.2, 0.25) is 0 Å². The third-order valence-electron chi connectivity index (χ3n) is 6.78. The van der Waals surface area contributed by atoms with Crippen molar-refractivity contribution in [2.75, 3.05) is 31.7 Å². The molecule has 36 heavy (non-hydrogen) atoms. The number of halogens is 2. The number of nitrogens with zero attached hydrogens (tertiary/aromatic N) is 3. The lowest BCUT2D eigenvalue weighted by Gasteiger charge is -2.32. The molecule has 0 saturated heterocycles. The van der Waals surface area contributed by atoms with Crippen molar-refractivity contribution in [3.8, 4) is 28.5 Å². The van der Waals surface area contributed by atoms with Crippen LogP contribution in [0.1, 0.15) is 50.6 Å². The molecule has 2 aromatic carbocycles. The predicted octanol–water partition coefficient (Wildman–Crippen LogP) is 6.55. The third-order valence-corrected chi connectivity index (χ3v) is 6.78. The van der Waals surface area contributed by atoms with Crippen LogP contribution in [-0.4, -0.2) is 43.2 Å². The molecular formula is C28H33F2N3O3. The molecule has 2 heterocycles. The average molecular weight is 498 g/mol. The van der Waals surface area contributed by atoms with Crippen LogP contribution in [-0.2, 0) is 0 Å². The Hall–Kier alpha value is -3.29. The number of hydrogen-bond acceptors (Lipinski definition) is 5. The van der Waals surface area contributed by atoms with Crippen LogP contribution in [0.5, 0.6) is 17.2 Å². The molecule has 0 bridgehead atoms. The highest BCUT2D eigenvalue weighted by molar-refractivity contribution is 5.65. The zero-order valence-corrected chi connectivity index (χ0v) is 20.8. The van der Waals surface area contributed by atoms with E-state index in [2.05, 4.69) is 24.9 Å². The summed E-state index contributed by atoms with van der Waals surface area (Å²) in [6, 6.07) is 15.3. The van der Waals surface area contributed by atoms with Crippen LogP contribution in [0.25, 0.3) is 11.3 Å². The van der Waals surface area contributed by atoms with Gasteiger partial charge in [0.25, 0.3) is 0 Å². The van der Waals surface area contributed by atoms with Gasteiger partial charge in [-0.25, -0.2) is 4.68 Å². The first-order valence-corrected chi connectivity index (χ1v) is 12.8. The van der Waals surface area contributed by atoms with Gasteiger partial charge >= 0.3 is 6.61 Å². The molecular weight excluding hydrogens is 464 g/mol. The van der Waals surface area contributed by atoms with Crippen LogP contribution in [0, 0.1) is 5.92 Å². The monoisotopic (exact) mass is 497 g/mol. The second-order valence-corrected chi connectivity index (χ2v) is 9.63. The molecule has 1 atom stereocenters. The quantitative estimate of drug-likeness (QED) is 0.281. The zero-order valence-electron chi connectivity index (χ0n) is 20.8. The first-order valence-electron chi connectivity index (χ1n) is 12.8. The molecule has 192 valence electrons. The van der Waals surface area contributed by atoms with Crippen LogP contribution in [0.3, 0.4) is 0 Å². The van der Waals surface area contributed by atoms with E-state index < -0.39 is 6.61 Å². The van der Waals surface area contributed by atoms with Crippen molar-refractivity contribution in [2.24, 2.45) is 5.92 Å². The van der Waals surface area contributed by atoms with Crippen molar-refractivity contribution in [3.63, 3.8) is 0 Å². The molecule has 1 fully saturated rings. The second kappa shape index (κ2) is 10.8. The molecule has 0 radical (unpaired) electrons. The summed E-state index contributed by atoms with van der Waals surface area (Å²) < 4.78 is 44.5. The summed E-state index contributed by atoms with van der Waals surface area (Å²) in [5.74, 6) is 2.78. The fourth-order valence-electron chi connectivity index (χ4n) is 4.51. The summed E-state index contributed by atoms with van der Waals surface area (Å²) in [6.07, 6.45) is 5.17. The van der Waals surface area contributed by atoms with E-state index in [9.17, 15) is 8.78 Å². The fraction of sp³-hybridized carbons (Fsp3) is 0.464. The van der Waals surface area contributed by atoms with Gasteiger partial charge in [-0.3, -0.25) is 0 Å². The van der Waals surface area contributed by atoms with Crippen molar-refractivity contribution in [1.82, 2.24) is 9.78 Å². The van der Waals surface area contributed by atoms with Crippen molar-refractivity contribution in [2.45, 2.75) is 51.7 Å². The second-order valence-electron chi connectivity index (χ2n) is 9.63. The maximum absolute atomic E-state index is 13.0. The van der Waals surface area contributed by atoms with Crippen LogP contribution in [0.15, 0.2) is 48.5 Å². The van der Waals surface area contributed by atoms with E-state index in [1.54, 1.807) is 6.07 Å². The van der Waals surface area contributed by atoms with Crippen molar-refractivity contribution in [1.29, 1.82) is 0 Å². The van der Waals surface area contributed by atoms with E-state index in [-0.39, 0.29) is 11.8 Å². The smallest absolute Gasteiger partial charge is 0.387 e. The van der Waals surface area contributed by atoms with Crippen LogP contribution < -0.4 is 19.1 Å². The van der Waals surface area contributed by atoms with Crippen LogP contribution in [0.2, 0.25) is 0 Å². The van der Waals surface area contributed by atoms with Gasteiger partial charge in [0.15, 0.2) is 11.5 Å². The van der Waals surface area contributed by atoms with Crippen LogP contribution in [0.4, 0.5) is 14.6 Å². The summed E-state index contributed by atoms with van der Waals surface area (Å²) in [5, 5.41) is 4.98. The number of fused-ring (bicyclic) bond motifs is 1. The first-order chi connectivity index (χ1) is 17.5. The maximum Gasteiger partial charge on any atom is 0.387 e. The molecule has 6 nitrogen and oxygen atoms in total. The molecule has 3 aromatic rings. The summed E-state index contributed by atoms with van der Waals surface area (Å²) in [5.41, 5.74) is 2.82. The summed E-state index contributed by atoms with van der Waals surface area (Å²) in [6.45, 7) is 1.31. The number of alkyl halides is 2. The highest BCUT2D eigenvalue weighted by Gasteiger charge is 2.28. The van der Waals surface area contributed by atoms with E-state index in [0.29, 0.717) is 24.9 Å². The number of ether oxygens (including phenoxy) is 3. The van der Waals surface area contributed by atoms with Crippen molar-refractivity contribution in [3.05, 3.63) is 54.1 Å². The standard InChI is InChI=1S/C28H33F2N3O3/c1-3-4-14-34-22-7-5-6-20(15-22)23-17-27-32(2)13-12-24(33(27)31-23)21-10-11-25(36-28(29)30)26(16-21)35-18-19-8-9-19/h5-7,10-11,15-17,19,24,28H,3-4,8-9,12-14,18H2,1-2H3. The lowest BCUT2D eigenvalue weighted by molar-refractivity contribution is -0.0515. The summed E-state index contributed by atoms with van der Waals surface area (Å²) in [7, 11) is 2.06. The average Bonchev–Trinajstić information content (AvgIpc) is 3.59. The minimum Gasteiger partial charge on any atom is -0.494 e. The molecule has 1 aliphatic carbocycles. The molecule has 5 rings (SSSR count). The van der Waals surface area contributed by atoms with Gasteiger partial charge in [0, 0.05) is 25.2 Å². The van der Waals surface area contributed by atoms with Crippen LogP contribution >= 0.6 is 0 Å². The van der Waals surface area contributed by atoms with Crippen molar-refractivity contribution < 1.29 is 23.0 Å². The minimum absolute atomic E-state index is 0.0437. The zero-order chi connectivity index (χ0) is 25.1. The molecule has 0 spiro atoms. The Balaban J connectivity index is 1.43.